The number of ether oxygens (including phenoxy) is 1. The van der Waals surface area contributed by atoms with Gasteiger partial charge >= 0.3 is 0 Å². The molecule has 1 aromatic rings. The predicted octanol–water partition coefficient (Wildman–Crippen LogP) is 3.10. The van der Waals surface area contributed by atoms with Gasteiger partial charge in [-0.3, -0.25) is 0 Å². The highest BCUT2D eigenvalue weighted by Crippen LogP contribution is 2.43. The lowest BCUT2D eigenvalue weighted by atomic mass is 9.82. The van der Waals surface area contributed by atoms with Gasteiger partial charge in [0.25, 0.3) is 0 Å². The zero-order valence-electron chi connectivity index (χ0n) is 12.5. The fraction of sp³-hybridized carbons (Fsp3) is 0.647. The molecule has 0 saturated carbocycles. The van der Waals surface area contributed by atoms with E-state index in [1.807, 2.05) is 6.07 Å². The summed E-state index contributed by atoms with van der Waals surface area (Å²) in [5.41, 5.74) is 7.55. The number of likely N-dealkylation sites (tertiary alicyclic amines) is 1. The summed E-state index contributed by atoms with van der Waals surface area (Å²) in [6, 6.07) is 8.40. The van der Waals surface area contributed by atoms with Crippen LogP contribution in [0.5, 0.6) is 5.75 Å². The third-order valence-electron chi connectivity index (χ3n) is 4.77. The quantitative estimate of drug-likeness (QED) is 0.900. The Labute approximate surface area is 122 Å². The highest BCUT2D eigenvalue weighted by molar-refractivity contribution is 5.38. The molecule has 2 aliphatic rings. The van der Waals surface area contributed by atoms with Crippen molar-refractivity contribution < 1.29 is 4.74 Å². The van der Waals surface area contributed by atoms with Crippen LogP contribution in [-0.4, -0.2) is 30.1 Å². The van der Waals surface area contributed by atoms with Crippen molar-refractivity contribution >= 4 is 0 Å². The molecule has 3 heteroatoms. The van der Waals surface area contributed by atoms with Crippen LogP contribution < -0.4 is 10.5 Å². The Morgan fingerprint density at radius 1 is 1.30 bits per heavy atom. The zero-order valence-corrected chi connectivity index (χ0v) is 12.5. The summed E-state index contributed by atoms with van der Waals surface area (Å²) >= 11 is 0. The van der Waals surface area contributed by atoms with Crippen LogP contribution in [0.2, 0.25) is 0 Å². The fourth-order valence-electron chi connectivity index (χ4n) is 3.73. The molecule has 0 aliphatic carbocycles. The lowest BCUT2D eigenvalue weighted by Crippen LogP contribution is -2.43. The molecule has 0 radical (unpaired) electrons. The molecule has 0 bridgehead atoms. The smallest absolute Gasteiger partial charge is 0.124 e. The molecule has 1 fully saturated rings. The van der Waals surface area contributed by atoms with E-state index in [0.717, 1.165) is 31.6 Å². The second-order valence-electron chi connectivity index (χ2n) is 6.33. The van der Waals surface area contributed by atoms with Crippen molar-refractivity contribution in [3.8, 4) is 5.75 Å². The Morgan fingerprint density at radius 3 is 3.00 bits per heavy atom. The van der Waals surface area contributed by atoms with Gasteiger partial charge in [-0.15, -0.1) is 0 Å². The summed E-state index contributed by atoms with van der Waals surface area (Å²) < 4.78 is 6.43. The molecule has 3 nitrogen and oxygen atoms in total. The standard InChI is InChI=1S/C17H26N2O/c1-2-10-19-11-5-8-17(9-12-19)13-15(18)14-6-3-4-7-16(14)20-17/h3-4,6-7,15H,2,5,8-13,18H2,1H3. The minimum absolute atomic E-state index is 0.0315. The molecule has 1 spiro atoms. The Bertz CT molecular complexity index is 462. The van der Waals surface area contributed by atoms with E-state index in [1.165, 1.54) is 31.5 Å². The highest BCUT2D eigenvalue weighted by Gasteiger charge is 2.40. The molecule has 2 unspecified atom stereocenters. The van der Waals surface area contributed by atoms with Gasteiger partial charge in [-0.2, -0.15) is 0 Å². The van der Waals surface area contributed by atoms with E-state index in [-0.39, 0.29) is 11.6 Å². The molecule has 1 saturated heterocycles. The molecule has 1 aromatic carbocycles. The maximum absolute atomic E-state index is 6.43. The van der Waals surface area contributed by atoms with Crippen molar-refractivity contribution in [3.05, 3.63) is 29.8 Å². The van der Waals surface area contributed by atoms with Crippen LogP contribution in [0, 0.1) is 0 Å². The molecule has 2 aliphatic heterocycles. The number of nitrogens with zero attached hydrogens (tertiary/aromatic N) is 1. The van der Waals surface area contributed by atoms with E-state index in [9.17, 15) is 0 Å². The van der Waals surface area contributed by atoms with Gasteiger partial charge in [-0.05, 0) is 44.8 Å². The SMILES string of the molecule is CCCN1CCCC2(CC1)CC(N)c1ccccc1O2. The van der Waals surface area contributed by atoms with Crippen molar-refractivity contribution in [2.24, 2.45) is 5.73 Å². The first-order valence-corrected chi connectivity index (χ1v) is 7.98. The molecule has 0 aromatic heterocycles. The fourth-order valence-corrected chi connectivity index (χ4v) is 3.73. The average molecular weight is 274 g/mol. The second kappa shape index (κ2) is 5.74. The molecule has 0 amide bonds. The normalized spacial score (nSPS) is 30.6. The van der Waals surface area contributed by atoms with Crippen LogP contribution in [0.25, 0.3) is 0 Å². The average Bonchev–Trinajstić information content (AvgIpc) is 2.63. The molecule has 2 heterocycles. The Morgan fingerprint density at radius 2 is 2.15 bits per heavy atom. The summed E-state index contributed by atoms with van der Waals surface area (Å²) in [4.78, 5) is 2.57. The van der Waals surface area contributed by atoms with Gasteiger partial charge in [0.15, 0.2) is 0 Å². The lowest BCUT2D eigenvalue weighted by Gasteiger charge is -2.41. The van der Waals surface area contributed by atoms with Crippen LogP contribution in [-0.2, 0) is 0 Å². The number of hydrogen-bond acceptors (Lipinski definition) is 3. The maximum Gasteiger partial charge on any atom is 0.124 e. The van der Waals surface area contributed by atoms with Crippen LogP contribution in [0.4, 0.5) is 0 Å². The van der Waals surface area contributed by atoms with Crippen molar-refractivity contribution in [1.29, 1.82) is 0 Å². The monoisotopic (exact) mass is 274 g/mol. The van der Waals surface area contributed by atoms with E-state index in [2.05, 4.69) is 30.0 Å². The highest BCUT2D eigenvalue weighted by atomic mass is 16.5. The summed E-state index contributed by atoms with van der Waals surface area (Å²) in [5.74, 6) is 1.01. The first-order chi connectivity index (χ1) is 9.72. The molecular weight excluding hydrogens is 248 g/mol. The van der Waals surface area contributed by atoms with Gasteiger partial charge in [0, 0.05) is 24.6 Å². The van der Waals surface area contributed by atoms with Crippen LogP contribution in [0.3, 0.4) is 0 Å². The molecular formula is C17H26N2O. The van der Waals surface area contributed by atoms with E-state index < -0.39 is 0 Å². The Hall–Kier alpha value is -1.06. The van der Waals surface area contributed by atoms with Crippen molar-refractivity contribution in [2.75, 3.05) is 19.6 Å². The van der Waals surface area contributed by atoms with Gasteiger partial charge in [0.2, 0.25) is 0 Å². The summed E-state index contributed by atoms with van der Waals surface area (Å²) in [6.07, 6.45) is 5.65. The van der Waals surface area contributed by atoms with Crippen LogP contribution in [0.1, 0.15) is 50.6 Å². The van der Waals surface area contributed by atoms with Gasteiger partial charge in [-0.25, -0.2) is 0 Å². The lowest BCUT2D eigenvalue weighted by molar-refractivity contribution is 0.0218. The minimum Gasteiger partial charge on any atom is -0.487 e. The number of para-hydroxylation sites is 1. The number of benzene rings is 1. The van der Waals surface area contributed by atoms with E-state index in [0.29, 0.717) is 0 Å². The third kappa shape index (κ3) is 2.70. The van der Waals surface area contributed by atoms with E-state index >= 15 is 0 Å². The molecule has 2 atom stereocenters. The van der Waals surface area contributed by atoms with Gasteiger partial charge < -0.3 is 15.4 Å². The third-order valence-corrected chi connectivity index (χ3v) is 4.77. The number of fused-ring (bicyclic) bond motifs is 1. The molecule has 20 heavy (non-hydrogen) atoms. The van der Waals surface area contributed by atoms with Gasteiger partial charge in [0.1, 0.15) is 11.4 Å². The first kappa shape index (κ1) is 13.9. The second-order valence-corrected chi connectivity index (χ2v) is 6.33. The Kier molecular flexibility index (Phi) is 3.99. The van der Waals surface area contributed by atoms with Gasteiger partial charge in [0.05, 0.1) is 0 Å². The topological polar surface area (TPSA) is 38.5 Å². The number of hydrogen-bond donors (Lipinski definition) is 1. The van der Waals surface area contributed by atoms with Crippen LogP contribution >= 0.6 is 0 Å². The van der Waals surface area contributed by atoms with Crippen LogP contribution in [0.15, 0.2) is 24.3 Å². The van der Waals surface area contributed by atoms with Crippen molar-refractivity contribution in [2.45, 2.75) is 50.7 Å². The minimum atomic E-state index is -0.0315. The molecule has 2 N–H and O–H groups in total. The summed E-state index contributed by atoms with van der Waals surface area (Å²) in [5, 5.41) is 0. The first-order valence-electron chi connectivity index (χ1n) is 7.98. The summed E-state index contributed by atoms with van der Waals surface area (Å²) in [6.45, 7) is 5.81. The number of rotatable bonds is 2. The largest absolute Gasteiger partial charge is 0.487 e. The van der Waals surface area contributed by atoms with Gasteiger partial charge in [-0.1, -0.05) is 25.1 Å². The van der Waals surface area contributed by atoms with E-state index in [1.54, 1.807) is 0 Å². The molecule has 110 valence electrons. The van der Waals surface area contributed by atoms with Crippen molar-refractivity contribution in [1.82, 2.24) is 4.90 Å². The Balaban J connectivity index is 1.77. The van der Waals surface area contributed by atoms with Crippen molar-refractivity contribution in [3.63, 3.8) is 0 Å². The summed E-state index contributed by atoms with van der Waals surface area (Å²) in [7, 11) is 0. The molecule has 3 rings (SSSR count). The van der Waals surface area contributed by atoms with E-state index in [4.69, 9.17) is 10.5 Å². The zero-order chi connectivity index (χ0) is 14.0. The maximum atomic E-state index is 6.43. The predicted molar refractivity (Wildman–Crippen MR) is 81.9 cm³/mol. The number of nitrogens with two attached hydrogens (primary N) is 1.